The average Bonchev–Trinajstić information content (AvgIpc) is 3.09. The van der Waals surface area contributed by atoms with Gasteiger partial charge in [0.05, 0.1) is 6.42 Å². The Balaban J connectivity index is 1.79. The van der Waals surface area contributed by atoms with Gasteiger partial charge >= 0.3 is 5.97 Å². The molecule has 2 nitrogen and oxygen atoms in total. The lowest BCUT2D eigenvalue weighted by Crippen LogP contribution is -1.99. The van der Waals surface area contributed by atoms with Crippen LogP contribution in [-0.4, -0.2) is 11.1 Å². The Labute approximate surface area is 145 Å². The molecule has 1 aliphatic carbocycles. The summed E-state index contributed by atoms with van der Waals surface area (Å²) in [7, 11) is 0. The van der Waals surface area contributed by atoms with Gasteiger partial charge in [0.15, 0.2) is 0 Å². The van der Waals surface area contributed by atoms with Gasteiger partial charge in [-0.25, -0.2) is 0 Å². The summed E-state index contributed by atoms with van der Waals surface area (Å²) in [4.78, 5) is 11.0. The van der Waals surface area contributed by atoms with Crippen LogP contribution in [0.25, 0.3) is 38.4 Å². The average molecular weight is 324 g/mol. The van der Waals surface area contributed by atoms with Gasteiger partial charge in [0.1, 0.15) is 0 Å². The lowest BCUT2D eigenvalue weighted by atomic mass is 9.93. The van der Waals surface area contributed by atoms with E-state index in [9.17, 15) is 4.79 Å². The first-order valence-corrected chi connectivity index (χ1v) is 8.49. The summed E-state index contributed by atoms with van der Waals surface area (Å²) >= 11 is 0. The fourth-order valence-corrected chi connectivity index (χ4v) is 4.06. The summed E-state index contributed by atoms with van der Waals surface area (Å²) in [6.07, 6.45) is 5.48. The molecule has 2 heteroatoms. The van der Waals surface area contributed by atoms with Gasteiger partial charge in [0.2, 0.25) is 0 Å². The number of benzene rings is 4. The van der Waals surface area contributed by atoms with Crippen LogP contribution in [0.5, 0.6) is 0 Å². The molecule has 0 amide bonds. The summed E-state index contributed by atoms with van der Waals surface area (Å²) in [5.41, 5.74) is 3.58. The number of fused-ring (bicyclic) bond motifs is 7. The SMILES string of the molecule is O=C(O)Cc1ccc2c(ccc3c4ccc5c(c4ccc23)CC=C5)c1. The smallest absolute Gasteiger partial charge is 0.307 e. The highest BCUT2D eigenvalue weighted by Gasteiger charge is 2.12. The second-order valence-electron chi connectivity index (χ2n) is 6.69. The summed E-state index contributed by atoms with van der Waals surface area (Å²) in [6.45, 7) is 0. The van der Waals surface area contributed by atoms with Crippen molar-refractivity contribution in [3.8, 4) is 0 Å². The van der Waals surface area contributed by atoms with Crippen molar-refractivity contribution < 1.29 is 9.90 Å². The van der Waals surface area contributed by atoms with E-state index in [4.69, 9.17) is 5.11 Å². The number of rotatable bonds is 2. The third-order valence-electron chi connectivity index (χ3n) is 5.20. The Morgan fingerprint density at radius 1 is 0.840 bits per heavy atom. The molecule has 0 saturated heterocycles. The highest BCUT2D eigenvalue weighted by atomic mass is 16.4. The minimum atomic E-state index is -0.798. The monoisotopic (exact) mass is 324 g/mol. The Kier molecular flexibility index (Phi) is 2.95. The number of hydrogen-bond acceptors (Lipinski definition) is 1. The van der Waals surface area contributed by atoms with Crippen LogP contribution >= 0.6 is 0 Å². The number of aliphatic carboxylic acids is 1. The van der Waals surface area contributed by atoms with Crippen LogP contribution in [0.1, 0.15) is 16.7 Å². The second kappa shape index (κ2) is 5.18. The van der Waals surface area contributed by atoms with Crippen molar-refractivity contribution in [2.24, 2.45) is 0 Å². The van der Waals surface area contributed by atoms with Crippen molar-refractivity contribution in [3.05, 3.63) is 77.4 Å². The van der Waals surface area contributed by atoms with Gasteiger partial charge in [-0.15, -0.1) is 0 Å². The molecule has 25 heavy (non-hydrogen) atoms. The zero-order chi connectivity index (χ0) is 17.0. The standard InChI is InChI=1S/C23H16O2/c24-23(25)13-14-4-7-18-16(12-14)6-9-22-20(18)11-10-19-17-3-1-2-15(17)5-8-21(19)22/h1-2,4-12H,3,13H2,(H,24,25). The van der Waals surface area contributed by atoms with E-state index in [0.717, 1.165) is 17.4 Å². The number of carboxylic acids is 1. The minimum absolute atomic E-state index is 0.0604. The van der Waals surface area contributed by atoms with Crippen LogP contribution in [0.2, 0.25) is 0 Å². The van der Waals surface area contributed by atoms with E-state index < -0.39 is 5.97 Å². The van der Waals surface area contributed by atoms with Gasteiger partial charge in [0.25, 0.3) is 0 Å². The fraction of sp³-hybridized carbons (Fsp3) is 0.0870. The number of carboxylic acid groups (broad SMARTS) is 1. The predicted octanol–water partition coefficient (Wildman–Crippen LogP) is 5.34. The maximum atomic E-state index is 11.0. The molecule has 0 saturated carbocycles. The zero-order valence-corrected chi connectivity index (χ0v) is 13.6. The molecule has 0 unspecified atom stereocenters. The van der Waals surface area contributed by atoms with E-state index in [1.54, 1.807) is 0 Å². The summed E-state index contributed by atoms with van der Waals surface area (Å²) in [5, 5.41) is 16.4. The van der Waals surface area contributed by atoms with Crippen LogP contribution in [0.4, 0.5) is 0 Å². The van der Waals surface area contributed by atoms with Crippen LogP contribution in [0, 0.1) is 0 Å². The first-order chi connectivity index (χ1) is 12.2. The van der Waals surface area contributed by atoms with E-state index in [-0.39, 0.29) is 6.42 Å². The predicted molar refractivity (Wildman–Crippen MR) is 103 cm³/mol. The molecular formula is C23H16O2. The van der Waals surface area contributed by atoms with Crippen molar-refractivity contribution in [2.75, 3.05) is 0 Å². The van der Waals surface area contributed by atoms with Gasteiger partial charge in [-0.1, -0.05) is 66.7 Å². The van der Waals surface area contributed by atoms with Crippen LogP contribution in [0.3, 0.4) is 0 Å². The van der Waals surface area contributed by atoms with Crippen LogP contribution < -0.4 is 0 Å². The lowest BCUT2D eigenvalue weighted by Gasteiger charge is -2.11. The van der Waals surface area contributed by atoms with Crippen LogP contribution in [-0.2, 0) is 17.6 Å². The van der Waals surface area contributed by atoms with Crippen LogP contribution in [0.15, 0.2) is 60.7 Å². The van der Waals surface area contributed by atoms with Gasteiger partial charge in [-0.2, -0.15) is 0 Å². The third kappa shape index (κ3) is 2.14. The molecule has 0 atom stereocenters. The number of carbonyl (C=O) groups is 1. The molecule has 5 rings (SSSR count). The number of allylic oxidation sites excluding steroid dienone is 1. The van der Waals surface area contributed by atoms with Crippen molar-refractivity contribution >= 4 is 44.4 Å². The molecule has 0 bridgehead atoms. The molecule has 1 N–H and O–H groups in total. The zero-order valence-electron chi connectivity index (χ0n) is 13.6. The van der Waals surface area contributed by atoms with Crippen molar-refractivity contribution in [3.63, 3.8) is 0 Å². The molecule has 0 fully saturated rings. The Bertz CT molecular complexity index is 1220. The molecule has 0 heterocycles. The Morgan fingerprint density at radius 3 is 2.40 bits per heavy atom. The maximum absolute atomic E-state index is 11.0. The molecule has 0 spiro atoms. The quantitative estimate of drug-likeness (QED) is 0.505. The van der Waals surface area contributed by atoms with E-state index in [1.165, 1.54) is 38.1 Å². The van der Waals surface area contributed by atoms with Crippen molar-refractivity contribution in [1.29, 1.82) is 0 Å². The second-order valence-corrected chi connectivity index (χ2v) is 6.69. The molecule has 4 aromatic rings. The van der Waals surface area contributed by atoms with E-state index in [2.05, 4.69) is 54.6 Å². The van der Waals surface area contributed by atoms with Gasteiger partial charge in [-0.3, -0.25) is 4.79 Å². The maximum Gasteiger partial charge on any atom is 0.307 e. The molecule has 1 aliphatic rings. The number of hydrogen-bond donors (Lipinski definition) is 1. The summed E-state index contributed by atoms with van der Waals surface area (Å²) in [5.74, 6) is -0.798. The lowest BCUT2D eigenvalue weighted by molar-refractivity contribution is -0.136. The minimum Gasteiger partial charge on any atom is -0.481 e. The first kappa shape index (κ1) is 14.2. The van der Waals surface area contributed by atoms with E-state index in [1.807, 2.05) is 12.1 Å². The third-order valence-corrected chi connectivity index (χ3v) is 5.20. The van der Waals surface area contributed by atoms with E-state index >= 15 is 0 Å². The summed E-state index contributed by atoms with van der Waals surface area (Å²) in [6, 6.07) is 19.1. The molecular weight excluding hydrogens is 308 g/mol. The molecule has 4 aromatic carbocycles. The van der Waals surface area contributed by atoms with Gasteiger partial charge in [-0.05, 0) is 55.4 Å². The fourth-order valence-electron chi connectivity index (χ4n) is 4.06. The molecule has 0 radical (unpaired) electrons. The highest BCUT2D eigenvalue weighted by molar-refractivity contribution is 6.18. The largest absolute Gasteiger partial charge is 0.481 e. The Morgan fingerprint density at radius 2 is 1.52 bits per heavy atom. The highest BCUT2D eigenvalue weighted by Crippen LogP contribution is 2.35. The molecule has 0 aromatic heterocycles. The Hall–Kier alpha value is -3.13. The van der Waals surface area contributed by atoms with Crippen molar-refractivity contribution in [1.82, 2.24) is 0 Å². The topological polar surface area (TPSA) is 37.3 Å². The van der Waals surface area contributed by atoms with Gasteiger partial charge in [0, 0.05) is 0 Å². The molecule has 120 valence electrons. The molecule has 0 aliphatic heterocycles. The summed E-state index contributed by atoms with van der Waals surface area (Å²) < 4.78 is 0. The van der Waals surface area contributed by atoms with Crippen molar-refractivity contribution in [2.45, 2.75) is 12.8 Å². The van der Waals surface area contributed by atoms with Gasteiger partial charge < -0.3 is 5.11 Å². The normalized spacial score (nSPS) is 13.0. The first-order valence-electron chi connectivity index (χ1n) is 8.49. The van der Waals surface area contributed by atoms with E-state index in [0.29, 0.717) is 0 Å².